The maximum Gasteiger partial charge on any atom is 0.228 e. The number of nitrogens with two attached hydrogens (primary N) is 1. The zero-order valence-corrected chi connectivity index (χ0v) is 9.40. The highest BCUT2D eigenvalue weighted by Gasteiger charge is 2.14. The number of halogens is 1. The molecule has 2 rings (SSSR count). The average molecular weight is 236 g/mol. The van der Waals surface area contributed by atoms with Crippen molar-refractivity contribution in [3.63, 3.8) is 0 Å². The van der Waals surface area contributed by atoms with Crippen molar-refractivity contribution in [3.8, 4) is 0 Å². The number of anilines is 1. The van der Waals surface area contributed by atoms with Crippen molar-refractivity contribution in [3.05, 3.63) is 47.0 Å². The lowest BCUT2D eigenvalue weighted by Crippen LogP contribution is -2.08. The third-order valence-corrected chi connectivity index (χ3v) is 2.61. The predicted octanol–water partition coefficient (Wildman–Crippen LogP) is 1.89. The number of nitrogens with zero attached hydrogens (tertiary/aromatic N) is 2. The van der Waals surface area contributed by atoms with Gasteiger partial charge in [0.2, 0.25) is 5.78 Å². The molecule has 1 aromatic heterocycles. The van der Waals surface area contributed by atoms with Gasteiger partial charge < -0.3 is 10.3 Å². The van der Waals surface area contributed by atoms with Crippen LogP contribution < -0.4 is 5.73 Å². The van der Waals surface area contributed by atoms with Crippen LogP contribution in [0.1, 0.15) is 16.2 Å². The number of nitrogen functional groups attached to an aromatic ring is 1. The SMILES string of the molecule is Cn1ccnc1C(=O)c1ccc(N)c(Cl)c1. The molecular formula is C11H10ClN3O. The Morgan fingerprint density at radius 3 is 2.81 bits per heavy atom. The molecule has 0 saturated carbocycles. The van der Waals surface area contributed by atoms with E-state index in [4.69, 9.17) is 17.3 Å². The van der Waals surface area contributed by atoms with Crippen molar-refractivity contribution in [2.24, 2.45) is 7.05 Å². The van der Waals surface area contributed by atoms with Gasteiger partial charge in [0, 0.05) is 25.0 Å². The first-order chi connectivity index (χ1) is 7.59. The van der Waals surface area contributed by atoms with Gasteiger partial charge in [-0.15, -0.1) is 0 Å². The van der Waals surface area contributed by atoms with Crippen molar-refractivity contribution >= 4 is 23.1 Å². The van der Waals surface area contributed by atoms with Crippen LogP contribution in [0.2, 0.25) is 5.02 Å². The molecule has 0 radical (unpaired) electrons. The number of benzene rings is 1. The summed E-state index contributed by atoms with van der Waals surface area (Å²) in [5.74, 6) is 0.204. The van der Waals surface area contributed by atoms with Gasteiger partial charge in [0.1, 0.15) is 0 Å². The van der Waals surface area contributed by atoms with E-state index in [1.165, 1.54) is 0 Å². The number of carbonyl (C=O) groups is 1. The molecule has 0 aliphatic rings. The zero-order valence-electron chi connectivity index (χ0n) is 8.64. The van der Waals surface area contributed by atoms with Gasteiger partial charge in [-0.2, -0.15) is 0 Å². The molecule has 0 aliphatic heterocycles. The molecule has 0 atom stereocenters. The molecular weight excluding hydrogens is 226 g/mol. The molecule has 0 amide bonds. The second kappa shape index (κ2) is 3.98. The molecule has 1 aromatic carbocycles. The van der Waals surface area contributed by atoms with Crippen LogP contribution in [0.4, 0.5) is 5.69 Å². The minimum atomic E-state index is -0.172. The number of aromatic nitrogens is 2. The standard InChI is InChI=1S/C11H10ClN3O/c1-15-5-4-14-11(15)10(16)7-2-3-9(13)8(12)6-7/h2-6H,13H2,1H3. The largest absolute Gasteiger partial charge is 0.398 e. The van der Waals surface area contributed by atoms with Crippen LogP contribution in [0.3, 0.4) is 0 Å². The predicted molar refractivity (Wildman–Crippen MR) is 62.5 cm³/mol. The second-order valence-corrected chi connectivity index (χ2v) is 3.83. The molecule has 2 N–H and O–H groups in total. The minimum Gasteiger partial charge on any atom is -0.398 e. The number of rotatable bonds is 2. The van der Waals surface area contributed by atoms with Gasteiger partial charge >= 0.3 is 0 Å². The summed E-state index contributed by atoms with van der Waals surface area (Å²) in [6, 6.07) is 4.80. The van der Waals surface area contributed by atoms with Gasteiger partial charge in [0.25, 0.3) is 0 Å². The first kappa shape index (κ1) is 10.7. The molecule has 0 bridgehead atoms. The van der Waals surface area contributed by atoms with Crippen LogP contribution in [-0.2, 0) is 7.05 Å². The van der Waals surface area contributed by atoms with Crippen LogP contribution in [0, 0.1) is 0 Å². The van der Waals surface area contributed by atoms with Crippen molar-refractivity contribution in [2.45, 2.75) is 0 Å². The van der Waals surface area contributed by atoms with Gasteiger partial charge in [-0.05, 0) is 18.2 Å². The molecule has 0 aliphatic carbocycles. The van der Waals surface area contributed by atoms with Gasteiger partial charge in [0.05, 0.1) is 10.7 Å². The first-order valence-electron chi connectivity index (χ1n) is 4.66. The Morgan fingerprint density at radius 1 is 1.50 bits per heavy atom. The first-order valence-corrected chi connectivity index (χ1v) is 5.04. The van der Waals surface area contributed by atoms with Gasteiger partial charge in [0.15, 0.2) is 5.82 Å². The van der Waals surface area contributed by atoms with E-state index in [1.807, 2.05) is 0 Å². The molecule has 0 spiro atoms. The fraction of sp³-hybridized carbons (Fsp3) is 0.0909. The molecule has 0 unspecified atom stereocenters. The lowest BCUT2D eigenvalue weighted by atomic mass is 10.1. The van der Waals surface area contributed by atoms with E-state index in [0.717, 1.165) is 0 Å². The molecule has 1 heterocycles. The van der Waals surface area contributed by atoms with Gasteiger partial charge in [-0.25, -0.2) is 4.98 Å². The Hall–Kier alpha value is -1.81. The van der Waals surface area contributed by atoms with E-state index >= 15 is 0 Å². The highest BCUT2D eigenvalue weighted by Crippen LogP contribution is 2.20. The molecule has 0 fully saturated rings. The molecule has 82 valence electrons. The van der Waals surface area contributed by atoms with E-state index in [0.29, 0.717) is 22.1 Å². The third-order valence-electron chi connectivity index (χ3n) is 2.29. The summed E-state index contributed by atoms with van der Waals surface area (Å²) in [4.78, 5) is 16.0. The Bertz CT molecular complexity index is 548. The monoisotopic (exact) mass is 235 g/mol. The second-order valence-electron chi connectivity index (χ2n) is 3.43. The number of hydrogen-bond acceptors (Lipinski definition) is 3. The summed E-state index contributed by atoms with van der Waals surface area (Å²) in [5.41, 5.74) is 6.51. The fourth-order valence-electron chi connectivity index (χ4n) is 1.38. The van der Waals surface area contributed by atoms with E-state index in [2.05, 4.69) is 4.98 Å². The maximum absolute atomic E-state index is 12.0. The topological polar surface area (TPSA) is 60.9 Å². The van der Waals surface area contributed by atoms with Crippen molar-refractivity contribution in [2.75, 3.05) is 5.73 Å². The normalized spacial score (nSPS) is 10.4. The van der Waals surface area contributed by atoms with Crippen LogP contribution in [0.15, 0.2) is 30.6 Å². The van der Waals surface area contributed by atoms with E-state index in [1.54, 1.807) is 42.2 Å². The van der Waals surface area contributed by atoms with Crippen LogP contribution in [0.25, 0.3) is 0 Å². The Kier molecular flexibility index (Phi) is 2.66. The number of carbonyl (C=O) groups excluding carboxylic acids is 1. The zero-order chi connectivity index (χ0) is 11.7. The smallest absolute Gasteiger partial charge is 0.228 e. The molecule has 2 aromatic rings. The third kappa shape index (κ3) is 1.79. The van der Waals surface area contributed by atoms with Crippen molar-refractivity contribution in [1.29, 1.82) is 0 Å². The Labute approximate surface area is 97.7 Å². The summed E-state index contributed by atoms with van der Waals surface area (Å²) in [6.07, 6.45) is 3.29. The molecule has 4 nitrogen and oxygen atoms in total. The Morgan fingerprint density at radius 2 is 2.25 bits per heavy atom. The minimum absolute atomic E-state index is 0.172. The van der Waals surface area contributed by atoms with Gasteiger partial charge in [-0.3, -0.25) is 4.79 Å². The summed E-state index contributed by atoms with van der Waals surface area (Å²) in [7, 11) is 1.76. The Balaban J connectivity index is 2.42. The summed E-state index contributed by atoms with van der Waals surface area (Å²) < 4.78 is 1.66. The van der Waals surface area contributed by atoms with Crippen LogP contribution in [0.5, 0.6) is 0 Å². The van der Waals surface area contributed by atoms with Crippen molar-refractivity contribution in [1.82, 2.24) is 9.55 Å². The molecule has 0 saturated heterocycles. The van der Waals surface area contributed by atoms with Crippen molar-refractivity contribution < 1.29 is 4.79 Å². The number of imidazole rings is 1. The number of ketones is 1. The molecule has 5 heteroatoms. The van der Waals surface area contributed by atoms with E-state index < -0.39 is 0 Å². The van der Waals surface area contributed by atoms with Crippen LogP contribution in [-0.4, -0.2) is 15.3 Å². The maximum atomic E-state index is 12.0. The molecule has 16 heavy (non-hydrogen) atoms. The highest BCUT2D eigenvalue weighted by atomic mass is 35.5. The van der Waals surface area contributed by atoms with Gasteiger partial charge in [-0.1, -0.05) is 11.6 Å². The fourth-order valence-corrected chi connectivity index (χ4v) is 1.56. The summed E-state index contributed by atoms with van der Waals surface area (Å²) >= 11 is 5.85. The quantitative estimate of drug-likeness (QED) is 0.639. The number of aryl methyl sites for hydroxylation is 1. The van der Waals surface area contributed by atoms with Crippen LogP contribution >= 0.6 is 11.6 Å². The average Bonchev–Trinajstić information content (AvgIpc) is 2.67. The van der Waals surface area contributed by atoms with E-state index in [9.17, 15) is 4.79 Å². The van der Waals surface area contributed by atoms with E-state index in [-0.39, 0.29) is 5.78 Å². The lowest BCUT2D eigenvalue weighted by molar-refractivity contribution is 0.102. The lowest BCUT2D eigenvalue weighted by Gasteiger charge is -2.03. The summed E-state index contributed by atoms with van der Waals surface area (Å²) in [5, 5.41) is 0.375. The highest BCUT2D eigenvalue weighted by molar-refractivity contribution is 6.33. The summed E-state index contributed by atoms with van der Waals surface area (Å²) in [6.45, 7) is 0. The number of hydrogen-bond donors (Lipinski definition) is 1.